The van der Waals surface area contributed by atoms with E-state index in [1.807, 2.05) is 12.1 Å². The van der Waals surface area contributed by atoms with E-state index in [1.54, 1.807) is 12.3 Å². The molecule has 0 amide bonds. The quantitative estimate of drug-likeness (QED) is 0.413. The van der Waals surface area contributed by atoms with Crippen LogP contribution in [-0.4, -0.2) is 22.7 Å². The maximum absolute atomic E-state index is 12.6. The summed E-state index contributed by atoms with van der Waals surface area (Å²) >= 11 is 1.46. The highest BCUT2D eigenvalue weighted by atomic mass is 32.1. The van der Waals surface area contributed by atoms with Gasteiger partial charge in [0.2, 0.25) is 0 Å². The summed E-state index contributed by atoms with van der Waals surface area (Å²) in [6, 6.07) is 10.4. The van der Waals surface area contributed by atoms with Crippen molar-refractivity contribution in [1.82, 2.24) is 10.1 Å². The molecule has 30 heavy (non-hydrogen) atoms. The van der Waals surface area contributed by atoms with Crippen LogP contribution in [0.5, 0.6) is 0 Å². The lowest BCUT2D eigenvalue weighted by molar-refractivity contribution is -0.137. The number of halogens is 3. The van der Waals surface area contributed by atoms with Gasteiger partial charge in [0.05, 0.1) is 15.8 Å². The highest BCUT2D eigenvalue weighted by molar-refractivity contribution is 7.18. The van der Waals surface area contributed by atoms with Crippen LogP contribution in [-0.2, 0) is 12.6 Å². The molecule has 4 aromatic rings. The number of nitrogens with zero attached hydrogens (tertiary/aromatic N) is 2. The molecule has 2 heterocycles. The minimum Gasteiger partial charge on any atom is -0.380 e. The lowest BCUT2D eigenvalue weighted by Crippen LogP contribution is -2.31. The van der Waals surface area contributed by atoms with Crippen LogP contribution >= 0.6 is 11.3 Å². The minimum absolute atomic E-state index is 0.276. The van der Waals surface area contributed by atoms with Crippen molar-refractivity contribution in [2.45, 2.75) is 18.6 Å². The van der Waals surface area contributed by atoms with Crippen molar-refractivity contribution >= 4 is 33.3 Å². The summed E-state index contributed by atoms with van der Waals surface area (Å²) in [7, 11) is 0. The van der Waals surface area contributed by atoms with Crippen molar-refractivity contribution in [3.63, 3.8) is 0 Å². The van der Waals surface area contributed by atoms with E-state index in [2.05, 4.69) is 15.5 Å². The first-order chi connectivity index (χ1) is 14.3. The molecule has 2 aromatic heterocycles. The Labute approximate surface area is 173 Å². The average Bonchev–Trinajstić information content (AvgIpc) is 3.33. The number of nitrogen functional groups attached to an aromatic ring is 1. The third-order valence-electron chi connectivity index (χ3n) is 4.58. The zero-order valence-corrected chi connectivity index (χ0v) is 16.4. The summed E-state index contributed by atoms with van der Waals surface area (Å²) in [5.41, 5.74) is 13.6. The first kappa shape index (κ1) is 20.2. The molecule has 0 radical (unpaired) electrons. The number of hydrogen-bond donors (Lipinski definition) is 3. The van der Waals surface area contributed by atoms with E-state index in [-0.39, 0.29) is 6.04 Å². The van der Waals surface area contributed by atoms with Crippen LogP contribution in [0.1, 0.15) is 11.1 Å². The summed E-state index contributed by atoms with van der Waals surface area (Å²) in [5.74, 6) is 0.337. The third kappa shape index (κ3) is 4.39. The van der Waals surface area contributed by atoms with Crippen LogP contribution in [0.15, 0.2) is 53.2 Å². The molecule has 0 saturated carbocycles. The summed E-state index contributed by atoms with van der Waals surface area (Å²) in [4.78, 5) is 5.30. The van der Waals surface area contributed by atoms with Gasteiger partial charge < -0.3 is 21.3 Å². The molecule has 5 N–H and O–H groups in total. The van der Waals surface area contributed by atoms with Gasteiger partial charge in [-0.2, -0.15) is 13.2 Å². The second-order valence-corrected chi connectivity index (χ2v) is 7.88. The highest BCUT2D eigenvalue weighted by Gasteiger charge is 2.29. The molecule has 6 nitrogen and oxygen atoms in total. The smallest absolute Gasteiger partial charge is 0.380 e. The van der Waals surface area contributed by atoms with E-state index in [1.165, 1.54) is 23.5 Å². The van der Waals surface area contributed by atoms with E-state index in [0.29, 0.717) is 29.5 Å². The molecule has 0 aliphatic rings. The number of benzene rings is 2. The van der Waals surface area contributed by atoms with E-state index in [9.17, 15) is 13.2 Å². The molecule has 0 fully saturated rings. The Bertz CT molecular complexity index is 1150. The van der Waals surface area contributed by atoms with Gasteiger partial charge in [-0.3, -0.25) is 0 Å². The molecule has 4 rings (SSSR count). The Hall–Kier alpha value is -3.11. The van der Waals surface area contributed by atoms with Crippen molar-refractivity contribution in [3.8, 4) is 10.4 Å². The molecule has 0 saturated heterocycles. The Morgan fingerprint density at radius 1 is 1.13 bits per heavy atom. The van der Waals surface area contributed by atoms with Crippen LogP contribution in [0.4, 0.5) is 24.1 Å². The predicted octanol–water partition coefficient (Wildman–Crippen LogP) is 4.53. The molecule has 156 valence electrons. The van der Waals surface area contributed by atoms with Gasteiger partial charge in [0.25, 0.3) is 0 Å². The standard InChI is InChI=1S/C20H18F3N5OS/c21-20(22,23)13-4-1-11(2-5-13)7-14(24)9-26-19-27-10-17(30-19)12-3-6-16-15(8-12)18(25)28-29-16/h1-6,8,10,14H,7,9,24H2,(H2,25,28)(H,26,27)/t14-/m1/s1. The molecule has 0 aliphatic carbocycles. The molecule has 0 unspecified atom stereocenters. The zero-order valence-electron chi connectivity index (χ0n) is 15.6. The van der Waals surface area contributed by atoms with Gasteiger partial charge in [0.1, 0.15) is 0 Å². The first-order valence-electron chi connectivity index (χ1n) is 9.06. The van der Waals surface area contributed by atoms with Crippen molar-refractivity contribution < 1.29 is 17.7 Å². The number of alkyl halides is 3. The first-order valence-corrected chi connectivity index (χ1v) is 9.88. The van der Waals surface area contributed by atoms with E-state index in [4.69, 9.17) is 16.0 Å². The normalized spacial score (nSPS) is 12.9. The van der Waals surface area contributed by atoms with Crippen LogP contribution in [0, 0.1) is 0 Å². The summed E-state index contributed by atoms with van der Waals surface area (Å²) in [5, 5.41) is 8.37. The number of hydrogen-bond acceptors (Lipinski definition) is 7. The number of anilines is 2. The molecule has 10 heteroatoms. The molecule has 0 spiro atoms. The van der Waals surface area contributed by atoms with Gasteiger partial charge in [-0.25, -0.2) is 4.98 Å². The summed E-state index contributed by atoms with van der Waals surface area (Å²) < 4.78 is 43.0. The average molecular weight is 433 g/mol. The fraction of sp³-hybridized carbons (Fsp3) is 0.200. The van der Waals surface area contributed by atoms with Gasteiger partial charge in [-0.1, -0.05) is 28.6 Å². The summed E-state index contributed by atoms with van der Waals surface area (Å²) in [6.07, 6.45) is -2.14. The van der Waals surface area contributed by atoms with Gasteiger partial charge in [0.15, 0.2) is 16.5 Å². The van der Waals surface area contributed by atoms with Crippen LogP contribution in [0.2, 0.25) is 0 Å². The Morgan fingerprint density at radius 3 is 2.63 bits per heavy atom. The van der Waals surface area contributed by atoms with Crippen LogP contribution in [0.3, 0.4) is 0 Å². The van der Waals surface area contributed by atoms with Gasteiger partial charge >= 0.3 is 6.18 Å². The van der Waals surface area contributed by atoms with Gasteiger partial charge in [-0.05, 0) is 47.9 Å². The second kappa shape index (κ2) is 7.96. The van der Waals surface area contributed by atoms with Crippen molar-refractivity contribution in [2.24, 2.45) is 5.73 Å². The number of nitrogens with two attached hydrogens (primary N) is 2. The topological polar surface area (TPSA) is 103 Å². The number of aromatic nitrogens is 2. The predicted molar refractivity (Wildman–Crippen MR) is 111 cm³/mol. The lowest BCUT2D eigenvalue weighted by Gasteiger charge is -2.13. The van der Waals surface area contributed by atoms with Crippen LogP contribution in [0.25, 0.3) is 21.4 Å². The molecule has 2 aromatic carbocycles. The zero-order chi connectivity index (χ0) is 21.3. The van der Waals surface area contributed by atoms with Crippen LogP contribution < -0.4 is 16.8 Å². The number of rotatable bonds is 6. The van der Waals surface area contributed by atoms with Crippen molar-refractivity contribution in [3.05, 3.63) is 59.8 Å². The Morgan fingerprint density at radius 2 is 1.90 bits per heavy atom. The lowest BCUT2D eigenvalue weighted by atomic mass is 10.0. The SMILES string of the molecule is Nc1noc2ccc(-c3cnc(NC[C@H](N)Cc4ccc(C(F)(F)F)cc4)s3)cc12. The monoisotopic (exact) mass is 433 g/mol. The maximum atomic E-state index is 12.6. The summed E-state index contributed by atoms with van der Waals surface area (Å²) in [6.45, 7) is 0.436. The molecule has 1 atom stereocenters. The molecular formula is C20H18F3N5OS. The number of nitrogens with one attached hydrogen (secondary N) is 1. The van der Waals surface area contributed by atoms with Crippen molar-refractivity contribution in [1.29, 1.82) is 0 Å². The highest BCUT2D eigenvalue weighted by Crippen LogP contribution is 2.33. The molecule has 0 aliphatic heterocycles. The number of fused-ring (bicyclic) bond motifs is 1. The fourth-order valence-corrected chi connectivity index (χ4v) is 3.84. The molecular weight excluding hydrogens is 415 g/mol. The fourth-order valence-electron chi connectivity index (χ4n) is 3.02. The second-order valence-electron chi connectivity index (χ2n) is 6.85. The van der Waals surface area contributed by atoms with E-state index in [0.717, 1.165) is 33.5 Å². The van der Waals surface area contributed by atoms with Gasteiger partial charge in [0, 0.05) is 18.8 Å². The third-order valence-corrected chi connectivity index (χ3v) is 5.59. The van der Waals surface area contributed by atoms with Gasteiger partial charge in [-0.15, -0.1) is 0 Å². The Balaban J connectivity index is 1.36. The maximum Gasteiger partial charge on any atom is 0.416 e. The van der Waals surface area contributed by atoms with Crippen molar-refractivity contribution in [2.75, 3.05) is 17.6 Å². The molecule has 0 bridgehead atoms. The van der Waals surface area contributed by atoms with E-state index < -0.39 is 11.7 Å². The minimum atomic E-state index is -4.34. The Kier molecular flexibility index (Phi) is 5.35. The van der Waals surface area contributed by atoms with E-state index >= 15 is 0 Å². The largest absolute Gasteiger partial charge is 0.416 e. The number of thiazole rings is 1.